The molecule has 0 spiro atoms. The predicted molar refractivity (Wildman–Crippen MR) is 215 cm³/mol. The molecule has 0 heterocycles. The van der Waals surface area contributed by atoms with Crippen molar-refractivity contribution in [3.05, 3.63) is 0 Å². The second kappa shape index (κ2) is 22.6. The Balaban J connectivity index is 5.71. The van der Waals surface area contributed by atoms with Crippen molar-refractivity contribution in [2.75, 3.05) is 26.2 Å². The minimum atomic E-state index is -2.96. The van der Waals surface area contributed by atoms with Gasteiger partial charge >= 0.3 is 0 Å². The maximum Gasteiger partial charge on any atom is 0.289 e. The number of hydrogen-bond donors (Lipinski definition) is 5. The highest BCUT2D eigenvalue weighted by Crippen LogP contribution is 2.48. The zero-order valence-corrected chi connectivity index (χ0v) is 36.6. The van der Waals surface area contributed by atoms with Crippen LogP contribution in [0.3, 0.4) is 0 Å². The minimum absolute atomic E-state index is 0.142. The van der Waals surface area contributed by atoms with Gasteiger partial charge in [0.15, 0.2) is 15.3 Å². The summed E-state index contributed by atoms with van der Waals surface area (Å²) in [5.74, 6) is 0. The van der Waals surface area contributed by atoms with Crippen molar-refractivity contribution < 1.29 is 27.1 Å². The van der Waals surface area contributed by atoms with E-state index in [1.165, 1.54) is 0 Å². The van der Waals surface area contributed by atoms with Gasteiger partial charge in [-0.25, -0.2) is 0 Å². The lowest BCUT2D eigenvalue weighted by atomic mass is 10.5. The van der Waals surface area contributed by atoms with Crippen LogP contribution in [0.5, 0.6) is 0 Å². The van der Waals surface area contributed by atoms with E-state index in [2.05, 4.69) is 25.9 Å². The second-order valence-corrected chi connectivity index (χ2v) is 22.0. The normalized spacial score (nSPS) is 12.7. The van der Waals surface area contributed by atoms with Crippen LogP contribution >= 0.6 is 56.6 Å². The van der Waals surface area contributed by atoms with Crippen LogP contribution in [0, 0.1) is 0 Å². The third-order valence-electron chi connectivity index (χ3n) is 4.43. The van der Waals surface area contributed by atoms with Crippen molar-refractivity contribution in [3.8, 4) is 0 Å². The van der Waals surface area contributed by atoms with E-state index >= 15 is 0 Å². The molecule has 272 valence electrons. The summed E-state index contributed by atoms with van der Waals surface area (Å²) in [6.07, 6.45) is -0.910. The molecule has 0 aromatic rings. The van der Waals surface area contributed by atoms with Crippen LogP contribution in [0.1, 0.15) is 83.1 Å². The molecular weight excluding hydrogens is 766 g/mol. The van der Waals surface area contributed by atoms with Gasteiger partial charge in [0.25, 0.3) is 19.9 Å². The van der Waals surface area contributed by atoms with E-state index in [4.69, 9.17) is 99.2 Å². The molecule has 5 N–H and O–H groups in total. The van der Waals surface area contributed by atoms with E-state index in [1.54, 1.807) is 0 Å². The Morgan fingerprint density at radius 1 is 0.478 bits per heavy atom. The largest absolute Gasteiger partial charge is 0.361 e. The van der Waals surface area contributed by atoms with Gasteiger partial charge in [-0.05, 0) is 155 Å². The molecule has 0 aromatic carbocycles. The van der Waals surface area contributed by atoms with Crippen molar-refractivity contribution >= 4 is 107 Å². The van der Waals surface area contributed by atoms with E-state index in [0.717, 1.165) is 0 Å². The van der Waals surface area contributed by atoms with Crippen molar-refractivity contribution in [3.63, 3.8) is 0 Å². The van der Waals surface area contributed by atoms with Gasteiger partial charge in [-0.3, -0.25) is 15.3 Å². The van der Waals surface area contributed by atoms with E-state index in [1.807, 2.05) is 88.0 Å². The van der Waals surface area contributed by atoms with E-state index in [9.17, 15) is 0 Å². The van der Waals surface area contributed by atoms with Gasteiger partial charge in [-0.15, -0.1) is 0 Å². The third-order valence-corrected chi connectivity index (χ3v) is 13.8. The minimum Gasteiger partial charge on any atom is -0.361 e. The zero-order chi connectivity index (χ0) is 35.9. The number of nitrogens with one attached hydrogen (secondary N) is 5. The maximum absolute atomic E-state index is 6.01. The molecular formula is C25H55N6O6P3S6. The van der Waals surface area contributed by atoms with Crippen LogP contribution in [0.15, 0.2) is 0 Å². The Hall–Kier alpha value is 0.780. The molecule has 0 aliphatic rings. The quantitative estimate of drug-likeness (QED) is 0.0657. The maximum atomic E-state index is 6.01. The molecule has 0 amide bonds. The van der Waals surface area contributed by atoms with Crippen LogP contribution in [-0.4, -0.2) is 83.0 Å². The van der Waals surface area contributed by atoms with Gasteiger partial charge in [0, 0.05) is 26.2 Å². The number of thiocarbonyl (C=S) groups is 3. The molecule has 12 nitrogen and oxygen atoms in total. The summed E-state index contributed by atoms with van der Waals surface area (Å²) in [7, 11) is 0. The average molecular weight is 821 g/mol. The molecule has 0 aliphatic heterocycles. The first-order valence-corrected chi connectivity index (χ1v) is 24.2. The number of nitrogens with zero attached hydrogens (tertiary/aromatic N) is 1. The summed E-state index contributed by atoms with van der Waals surface area (Å²) in [6, 6.07) is 0. The Morgan fingerprint density at radius 2 is 0.717 bits per heavy atom. The van der Waals surface area contributed by atoms with Gasteiger partial charge < -0.3 is 42.7 Å². The van der Waals surface area contributed by atoms with Gasteiger partial charge in [-0.2, -0.15) is 0 Å². The molecule has 0 saturated carbocycles. The van der Waals surface area contributed by atoms with Crippen molar-refractivity contribution in [1.29, 1.82) is 0 Å². The summed E-state index contributed by atoms with van der Waals surface area (Å²) >= 11 is 34.0. The summed E-state index contributed by atoms with van der Waals surface area (Å²) in [4.78, 5) is 1.91. The van der Waals surface area contributed by atoms with Crippen LogP contribution in [0.4, 0.5) is 0 Å². The second-order valence-electron chi connectivity index (χ2n) is 11.6. The van der Waals surface area contributed by atoms with Gasteiger partial charge in [0.1, 0.15) is 0 Å². The van der Waals surface area contributed by atoms with E-state index in [0.29, 0.717) is 41.5 Å². The lowest BCUT2D eigenvalue weighted by Gasteiger charge is -2.33. The molecule has 0 atom stereocenters. The predicted octanol–water partition coefficient (Wildman–Crippen LogP) is 6.31. The van der Waals surface area contributed by atoms with Crippen LogP contribution < -0.4 is 25.9 Å². The fourth-order valence-electron chi connectivity index (χ4n) is 3.34. The molecule has 21 heteroatoms. The molecule has 0 unspecified atom stereocenters. The first-order chi connectivity index (χ1) is 21.0. The van der Waals surface area contributed by atoms with Crippen molar-refractivity contribution in [2.24, 2.45) is 0 Å². The van der Waals surface area contributed by atoms with E-state index in [-0.39, 0.29) is 36.6 Å². The molecule has 0 aromatic heterocycles. The molecule has 0 saturated heterocycles. The first-order valence-electron chi connectivity index (χ1n) is 15.1. The lowest BCUT2D eigenvalue weighted by Crippen LogP contribution is -2.48. The summed E-state index contributed by atoms with van der Waals surface area (Å²) in [6.45, 7) is 15.7. The van der Waals surface area contributed by atoms with Gasteiger partial charge in [-0.1, -0.05) is 0 Å². The zero-order valence-electron chi connectivity index (χ0n) is 29.0. The summed E-state index contributed by atoms with van der Waals surface area (Å²) in [5.41, 5.74) is 0. The van der Waals surface area contributed by atoms with Crippen LogP contribution in [0.2, 0.25) is 0 Å². The molecule has 46 heavy (non-hydrogen) atoms. The summed E-state index contributed by atoms with van der Waals surface area (Å²) < 4.78 is 35.6. The topological polar surface area (TPSA) is 119 Å². The van der Waals surface area contributed by atoms with Crippen molar-refractivity contribution in [1.82, 2.24) is 30.8 Å². The van der Waals surface area contributed by atoms with Crippen LogP contribution in [0.25, 0.3) is 0 Å². The lowest BCUT2D eigenvalue weighted by molar-refractivity contribution is 0.171. The van der Waals surface area contributed by atoms with Crippen molar-refractivity contribution in [2.45, 2.75) is 120 Å². The first kappa shape index (κ1) is 46.8. The molecule has 0 bridgehead atoms. The van der Waals surface area contributed by atoms with Crippen LogP contribution in [-0.2, 0) is 62.6 Å². The smallest absolute Gasteiger partial charge is 0.289 e. The van der Waals surface area contributed by atoms with Gasteiger partial charge in [0.2, 0.25) is 0 Å². The number of rotatable bonds is 21. The highest BCUT2D eigenvalue weighted by Gasteiger charge is 2.28. The Kier molecular flexibility index (Phi) is 22.9. The monoisotopic (exact) mass is 820 g/mol. The SMILES string of the molecule is CC(C)OP(=S)(NC(=S)NCCN(CCNC(=S)NP(=S)(OC(C)C)OC(C)C)C(=S)NP(=S)(OC(C)C)OC(C)C)OC(C)C. The average Bonchev–Trinajstić information content (AvgIpc) is 2.78. The van der Waals surface area contributed by atoms with Gasteiger partial charge in [0.05, 0.1) is 36.6 Å². The fraction of sp³-hybridized carbons (Fsp3) is 0.880. The third kappa shape index (κ3) is 22.5. The summed E-state index contributed by atoms with van der Waals surface area (Å²) in [5, 5.41) is 16.6. The Labute approximate surface area is 309 Å². The molecule has 0 rings (SSSR count). The highest BCUT2D eigenvalue weighted by atomic mass is 32.5. The Morgan fingerprint density at radius 3 is 0.957 bits per heavy atom. The fourth-order valence-corrected chi connectivity index (χ4v) is 14.1. The molecule has 0 aliphatic carbocycles. The number of hydrogen-bond acceptors (Lipinski definition) is 12. The molecule has 0 radical (unpaired) electrons. The highest BCUT2D eigenvalue weighted by molar-refractivity contribution is 8.10. The molecule has 0 fully saturated rings. The standard InChI is InChI=1S/C25H55N6O6P3S6/c1-17(2)32-38(44,33-18(3)4)28-23(41)26-13-15-31(25(43)30-40(46,36-21(9)10)37-22(11)12)16-14-27-24(42)29-39(45,34-19(5)6)35-20(7)8/h17-22H,13-16H2,1-12H3,(H,30,43,46)(H2,26,28,41,44)(H2,27,29,42,45). The Bertz CT molecular complexity index is 1020. The van der Waals surface area contributed by atoms with E-state index < -0.39 is 19.9 Å².